The maximum Gasteiger partial charge on any atom is 0.149 e. The zero-order valence-corrected chi connectivity index (χ0v) is 12.8. The Morgan fingerprint density at radius 2 is 1.74 bits per heavy atom. The molecule has 0 radical (unpaired) electrons. The van der Waals surface area contributed by atoms with Crippen LogP contribution in [-0.2, 0) is 0 Å². The van der Waals surface area contributed by atoms with Gasteiger partial charge in [-0.2, -0.15) is 0 Å². The number of piperidine rings is 1. The lowest BCUT2D eigenvalue weighted by atomic mass is 9.81. The molecular weight excluding hydrogens is 263 g/mol. The maximum atomic E-state index is 13.9. The lowest BCUT2D eigenvalue weighted by Crippen LogP contribution is -2.61. The fourth-order valence-corrected chi connectivity index (χ4v) is 3.16. The summed E-state index contributed by atoms with van der Waals surface area (Å²) in [5, 5.41) is 2.59. The number of nitrogens with zero attached hydrogens (tertiary/aromatic N) is 1. The van der Waals surface area contributed by atoms with Crippen molar-refractivity contribution in [1.82, 2.24) is 5.01 Å². The molecule has 0 aromatic heterocycles. The van der Waals surface area contributed by atoms with E-state index in [1.165, 1.54) is 12.5 Å². The van der Waals surface area contributed by atoms with Crippen molar-refractivity contribution in [2.75, 3.05) is 5.43 Å². The van der Waals surface area contributed by atoms with Gasteiger partial charge in [-0.3, -0.25) is 0 Å². The first-order chi connectivity index (χ1) is 8.72. The summed E-state index contributed by atoms with van der Waals surface area (Å²) in [6, 6.07) is 4.74. The van der Waals surface area contributed by atoms with Crippen molar-refractivity contribution in [3.63, 3.8) is 0 Å². The van der Waals surface area contributed by atoms with Gasteiger partial charge in [0.1, 0.15) is 5.82 Å². The van der Waals surface area contributed by atoms with Crippen LogP contribution in [0, 0.1) is 5.82 Å². The van der Waals surface area contributed by atoms with E-state index in [0.717, 1.165) is 12.8 Å². The molecule has 1 N–H and O–H groups in total. The topological polar surface area (TPSA) is 15.3 Å². The molecule has 106 valence electrons. The van der Waals surface area contributed by atoms with E-state index >= 15 is 0 Å². The molecule has 1 aromatic rings. The number of hydrazine groups is 1. The van der Waals surface area contributed by atoms with E-state index in [-0.39, 0.29) is 16.9 Å². The van der Waals surface area contributed by atoms with Crippen LogP contribution in [0.3, 0.4) is 0 Å². The normalized spacial score (nSPS) is 22.2. The molecule has 0 bridgehead atoms. The molecule has 0 atom stereocenters. The third-order valence-corrected chi connectivity index (χ3v) is 4.19. The van der Waals surface area contributed by atoms with Crippen molar-refractivity contribution in [2.24, 2.45) is 0 Å². The Bertz CT molecular complexity index is 455. The highest BCUT2D eigenvalue weighted by Crippen LogP contribution is 2.38. The van der Waals surface area contributed by atoms with Crippen molar-refractivity contribution in [2.45, 2.75) is 58.0 Å². The lowest BCUT2D eigenvalue weighted by molar-refractivity contribution is -0.00344. The number of halogens is 2. The van der Waals surface area contributed by atoms with Gasteiger partial charge in [-0.25, -0.2) is 9.40 Å². The van der Waals surface area contributed by atoms with Crippen LogP contribution >= 0.6 is 11.6 Å². The molecule has 0 saturated carbocycles. The second-order valence-electron chi connectivity index (χ2n) is 6.55. The number of hydrogen-bond donors (Lipinski definition) is 1. The van der Waals surface area contributed by atoms with Crippen LogP contribution in [0.15, 0.2) is 18.2 Å². The molecule has 1 aliphatic rings. The SMILES string of the molecule is CC1(C)CCCC(C)(C)N1Nc1ccc(Cl)cc1F. The minimum absolute atomic E-state index is 0.00612. The summed E-state index contributed by atoms with van der Waals surface area (Å²) in [6.45, 7) is 8.76. The minimum Gasteiger partial charge on any atom is -0.315 e. The third kappa shape index (κ3) is 3.03. The molecule has 19 heavy (non-hydrogen) atoms. The van der Waals surface area contributed by atoms with Crippen molar-refractivity contribution >= 4 is 17.3 Å². The molecule has 1 saturated heterocycles. The van der Waals surface area contributed by atoms with Gasteiger partial charge in [0.25, 0.3) is 0 Å². The lowest BCUT2D eigenvalue weighted by Gasteiger charge is -2.52. The monoisotopic (exact) mass is 284 g/mol. The quantitative estimate of drug-likeness (QED) is 0.835. The van der Waals surface area contributed by atoms with Gasteiger partial charge >= 0.3 is 0 Å². The molecule has 2 rings (SSSR count). The van der Waals surface area contributed by atoms with E-state index in [2.05, 4.69) is 38.1 Å². The molecule has 2 nitrogen and oxygen atoms in total. The van der Waals surface area contributed by atoms with E-state index in [0.29, 0.717) is 10.7 Å². The second kappa shape index (κ2) is 4.95. The fourth-order valence-electron chi connectivity index (χ4n) is 3.00. The van der Waals surface area contributed by atoms with Crippen molar-refractivity contribution in [3.8, 4) is 0 Å². The Balaban J connectivity index is 2.28. The van der Waals surface area contributed by atoms with Crippen molar-refractivity contribution in [3.05, 3.63) is 29.0 Å². The summed E-state index contributed by atoms with van der Waals surface area (Å²) in [5.41, 5.74) is 3.72. The molecule has 0 aliphatic carbocycles. The summed E-state index contributed by atoms with van der Waals surface area (Å²) in [6.07, 6.45) is 3.39. The summed E-state index contributed by atoms with van der Waals surface area (Å²) < 4.78 is 13.9. The third-order valence-electron chi connectivity index (χ3n) is 3.95. The second-order valence-corrected chi connectivity index (χ2v) is 6.99. The zero-order valence-electron chi connectivity index (χ0n) is 12.1. The van der Waals surface area contributed by atoms with E-state index in [4.69, 9.17) is 11.6 Å². The smallest absolute Gasteiger partial charge is 0.149 e. The molecule has 0 spiro atoms. The van der Waals surface area contributed by atoms with Gasteiger partial charge in [0.05, 0.1) is 5.69 Å². The van der Waals surface area contributed by atoms with Crippen molar-refractivity contribution < 1.29 is 4.39 Å². The van der Waals surface area contributed by atoms with Gasteiger partial charge in [0.15, 0.2) is 0 Å². The molecule has 4 heteroatoms. The van der Waals surface area contributed by atoms with Gasteiger partial charge in [-0.15, -0.1) is 0 Å². The summed E-state index contributed by atoms with van der Waals surface area (Å²) in [5.74, 6) is -0.315. The standard InChI is InChI=1S/C15H22ClFN2/c1-14(2)8-5-9-15(3,4)19(14)18-13-7-6-11(16)10-12(13)17/h6-7,10,18H,5,8-9H2,1-4H3. The van der Waals surface area contributed by atoms with Crippen LogP contribution in [0.5, 0.6) is 0 Å². The summed E-state index contributed by atoms with van der Waals surface area (Å²) >= 11 is 5.79. The molecule has 1 aliphatic heterocycles. The predicted octanol–water partition coefficient (Wildman–Crippen LogP) is 4.85. The molecule has 1 heterocycles. The highest BCUT2D eigenvalue weighted by molar-refractivity contribution is 6.30. The first-order valence-electron chi connectivity index (χ1n) is 6.74. The highest BCUT2D eigenvalue weighted by Gasteiger charge is 2.41. The molecule has 0 unspecified atom stereocenters. The number of nitrogens with one attached hydrogen (secondary N) is 1. The molecule has 1 fully saturated rings. The van der Waals surface area contributed by atoms with Gasteiger partial charge in [0.2, 0.25) is 0 Å². The Kier molecular flexibility index (Phi) is 3.80. The summed E-state index contributed by atoms with van der Waals surface area (Å²) in [7, 11) is 0. The van der Waals surface area contributed by atoms with E-state index in [9.17, 15) is 4.39 Å². The minimum atomic E-state index is -0.315. The van der Waals surface area contributed by atoms with Crippen LogP contribution in [0.25, 0.3) is 0 Å². The summed E-state index contributed by atoms with van der Waals surface area (Å²) in [4.78, 5) is 0. The molecular formula is C15H22ClFN2. The van der Waals surface area contributed by atoms with E-state index < -0.39 is 0 Å². The Morgan fingerprint density at radius 3 is 2.26 bits per heavy atom. The zero-order chi connectivity index (χ0) is 14.3. The van der Waals surface area contributed by atoms with E-state index in [1.54, 1.807) is 12.1 Å². The van der Waals surface area contributed by atoms with E-state index in [1.807, 2.05) is 0 Å². The average Bonchev–Trinajstić information content (AvgIpc) is 2.25. The van der Waals surface area contributed by atoms with Crippen molar-refractivity contribution in [1.29, 1.82) is 0 Å². The Morgan fingerprint density at radius 1 is 1.16 bits per heavy atom. The first kappa shape index (κ1) is 14.6. The highest BCUT2D eigenvalue weighted by atomic mass is 35.5. The van der Waals surface area contributed by atoms with Crippen LogP contribution in [-0.4, -0.2) is 16.1 Å². The Hall–Kier alpha value is -0.800. The maximum absolute atomic E-state index is 13.9. The van der Waals surface area contributed by atoms with Gasteiger partial charge in [-0.1, -0.05) is 11.6 Å². The fraction of sp³-hybridized carbons (Fsp3) is 0.600. The number of benzene rings is 1. The van der Waals surface area contributed by atoms with Crippen LogP contribution in [0.4, 0.5) is 10.1 Å². The van der Waals surface area contributed by atoms with Crippen LogP contribution < -0.4 is 5.43 Å². The van der Waals surface area contributed by atoms with Gasteiger partial charge < -0.3 is 5.43 Å². The van der Waals surface area contributed by atoms with Crippen LogP contribution in [0.2, 0.25) is 5.02 Å². The predicted molar refractivity (Wildman–Crippen MR) is 78.9 cm³/mol. The largest absolute Gasteiger partial charge is 0.315 e. The number of anilines is 1. The van der Waals surface area contributed by atoms with Crippen LogP contribution in [0.1, 0.15) is 47.0 Å². The molecule has 1 aromatic carbocycles. The number of rotatable bonds is 2. The number of hydrogen-bond acceptors (Lipinski definition) is 2. The Labute approximate surface area is 119 Å². The van der Waals surface area contributed by atoms with Gasteiger partial charge in [0, 0.05) is 16.1 Å². The average molecular weight is 285 g/mol. The first-order valence-corrected chi connectivity index (χ1v) is 7.12. The van der Waals surface area contributed by atoms with Gasteiger partial charge in [-0.05, 0) is 65.2 Å². The molecule has 0 amide bonds.